The van der Waals surface area contributed by atoms with Crippen molar-refractivity contribution in [1.29, 1.82) is 0 Å². The number of likely N-dealkylation sites (N-methyl/N-ethyl adjacent to an activating group) is 1. The predicted octanol–water partition coefficient (Wildman–Crippen LogP) is 3.53. The zero-order chi connectivity index (χ0) is 15.4. The van der Waals surface area contributed by atoms with Gasteiger partial charge in [-0.3, -0.25) is 14.5 Å². The quantitative estimate of drug-likeness (QED) is 0.806. The maximum Gasteiger partial charge on any atom is 0.260 e. The van der Waals surface area contributed by atoms with Crippen LogP contribution in [0.4, 0.5) is 0 Å². The van der Waals surface area contributed by atoms with Crippen LogP contribution >= 0.6 is 0 Å². The third-order valence-corrected chi connectivity index (χ3v) is 3.21. The summed E-state index contributed by atoms with van der Waals surface area (Å²) in [6.45, 7) is 5.15. The summed E-state index contributed by atoms with van der Waals surface area (Å²) in [5.41, 5.74) is 2.93. The number of rotatable bonds is 3. The summed E-state index contributed by atoms with van der Waals surface area (Å²) < 4.78 is 0. The molecule has 0 radical (unpaired) electrons. The lowest BCUT2D eigenvalue weighted by atomic mass is 10.0. The van der Waals surface area contributed by atoms with E-state index in [1.54, 1.807) is 19.1 Å². The Morgan fingerprint density at radius 3 is 1.95 bits per heavy atom. The van der Waals surface area contributed by atoms with E-state index in [1.807, 2.05) is 42.5 Å². The molecule has 3 heteroatoms. The van der Waals surface area contributed by atoms with Crippen molar-refractivity contribution in [3.05, 3.63) is 72.3 Å². The van der Waals surface area contributed by atoms with Crippen LogP contribution in [-0.4, -0.2) is 23.8 Å². The summed E-state index contributed by atoms with van der Waals surface area (Å²) in [6, 6.07) is 17.1. The molecule has 3 nitrogen and oxygen atoms in total. The van der Waals surface area contributed by atoms with Crippen LogP contribution in [0.3, 0.4) is 0 Å². The second-order valence-corrected chi connectivity index (χ2v) is 4.89. The van der Waals surface area contributed by atoms with Crippen LogP contribution in [0.15, 0.2) is 66.7 Å². The van der Waals surface area contributed by atoms with E-state index in [9.17, 15) is 9.59 Å². The number of nitrogens with zero attached hydrogens (tertiary/aromatic N) is 1. The number of hydrogen-bond donors (Lipinski definition) is 0. The van der Waals surface area contributed by atoms with Gasteiger partial charge in [0.1, 0.15) is 0 Å². The second kappa shape index (κ2) is 6.18. The topological polar surface area (TPSA) is 37.4 Å². The van der Waals surface area contributed by atoms with E-state index in [4.69, 9.17) is 0 Å². The Hall–Kier alpha value is -2.68. The van der Waals surface area contributed by atoms with Crippen LogP contribution < -0.4 is 0 Å². The van der Waals surface area contributed by atoms with Gasteiger partial charge in [0.2, 0.25) is 0 Å². The van der Waals surface area contributed by atoms with Gasteiger partial charge in [-0.25, -0.2) is 0 Å². The van der Waals surface area contributed by atoms with Crippen molar-refractivity contribution in [1.82, 2.24) is 4.90 Å². The van der Waals surface area contributed by atoms with Gasteiger partial charge in [-0.15, -0.1) is 0 Å². The van der Waals surface area contributed by atoms with E-state index < -0.39 is 0 Å². The van der Waals surface area contributed by atoms with Gasteiger partial charge in [0, 0.05) is 18.2 Å². The van der Waals surface area contributed by atoms with Gasteiger partial charge in [0.05, 0.1) is 0 Å². The molecule has 2 rings (SSSR count). The van der Waals surface area contributed by atoms with Gasteiger partial charge in [-0.1, -0.05) is 49.0 Å². The Morgan fingerprint density at radius 2 is 1.43 bits per heavy atom. The van der Waals surface area contributed by atoms with Gasteiger partial charge in [-0.2, -0.15) is 0 Å². The third kappa shape index (κ3) is 3.26. The standard InChI is InChI=1S/C18H17NO2/c1-13(2)17(20)19(3)18(21)16-11-9-15(10-12-16)14-7-5-4-6-8-14/h4-12H,1H2,2-3H3. The van der Waals surface area contributed by atoms with Crippen molar-refractivity contribution in [3.8, 4) is 11.1 Å². The minimum absolute atomic E-state index is 0.331. The highest BCUT2D eigenvalue weighted by Gasteiger charge is 2.18. The average molecular weight is 279 g/mol. The molecule has 0 saturated carbocycles. The van der Waals surface area contributed by atoms with Crippen LogP contribution in [0.2, 0.25) is 0 Å². The highest BCUT2D eigenvalue weighted by Crippen LogP contribution is 2.19. The molecular formula is C18H17NO2. The highest BCUT2D eigenvalue weighted by molar-refractivity contribution is 6.09. The molecule has 0 unspecified atom stereocenters. The first-order valence-corrected chi connectivity index (χ1v) is 6.64. The van der Waals surface area contributed by atoms with Crippen molar-refractivity contribution in [2.45, 2.75) is 6.92 Å². The van der Waals surface area contributed by atoms with Gasteiger partial charge in [-0.05, 0) is 30.2 Å². The van der Waals surface area contributed by atoms with Crippen LogP contribution in [0, 0.1) is 0 Å². The Bertz CT molecular complexity index is 672. The molecule has 0 fully saturated rings. The van der Waals surface area contributed by atoms with E-state index in [0.29, 0.717) is 11.1 Å². The molecule has 2 amide bonds. The SMILES string of the molecule is C=C(C)C(=O)N(C)C(=O)c1ccc(-c2ccccc2)cc1. The Balaban J connectivity index is 2.21. The molecule has 0 aromatic heterocycles. The van der Waals surface area contributed by atoms with E-state index in [2.05, 4.69) is 6.58 Å². The van der Waals surface area contributed by atoms with Crippen molar-refractivity contribution >= 4 is 11.8 Å². The first-order chi connectivity index (χ1) is 10.0. The number of carbonyl (C=O) groups is 2. The maximum absolute atomic E-state index is 12.2. The normalized spacial score (nSPS) is 10.0. The molecule has 0 aliphatic heterocycles. The van der Waals surface area contributed by atoms with E-state index >= 15 is 0 Å². The molecule has 0 aliphatic rings. The largest absolute Gasteiger partial charge is 0.278 e. The Kier molecular flexibility index (Phi) is 4.33. The summed E-state index contributed by atoms with van der Waals surface area (Å²) >= 11 is 0. The van der Waals surface area contributed by atoms with E-state index in [0.717, 1.165) is 16.0 Å². The molecule has 21 heavy (non-hydrogen) atoms. The first kappa shape index (κ1) is 14.7. The number of amides is 2. The van der Waals surface area contributed by atoms with Crippen molar-refractivity contribution in [3.63, 3.8) is 0 Å². The van der Waals surface area contributed by atoms with Gasteiger partial charge in [0.25, 0.3) is 11.8 Å². The minimum atomic E-state index is -0.368. The van der Waals surface area contributed by atoms with E-state index in [1.165, 1.54) is 7.05 Å². The monoisotopic (exact) mass is 279 g/mol. The molecule has 0 heterocycles. The molecule has 0 spiro atoms. The minimum Gasteiger partial charge on any atom is -0.278 e. The lowest BCUT2D eigenvalue weighted by Gasteiger charge is -2.15. The molecule has 0 bridgehead atoms. The first-order valence-electron chi connectivity index (χ1n) is 6.64. The van der Waals surface area contributed by atoms with Crippen LogP contribution in [0.5, 0.6) is 0 Å². The summed E-state index contributed by atoms with van der Waals surface area (Å²) in [7, 11) is 1.46. The molecule has 0 N–H and O–H groups in total. The van der Waals surface area contributed by atoms with Crippen LogP contribution in [-0.2, 0) is 4.79 Å². The molecule has 0 saturated heterocycles. The number of carbonyl (C=O) groups excluding carboxylic acids is 2. The number of benzene rings is 2. The molecule has 2 aromatic rings. The smallest absolute Gasteiger partial charge is 0.260 e. The summed E-state index contributed by atoms with van der Waals surface area (Å²) in [4.78, 5) is 25.0. The third-order valence-electron chi connectivity index (χ3n) is 3.21. The summed E-state index contributed by atoms with van der Waals surface area (Å²) in [5, 5.41) is 0. The predicted molar refractivity (Wildman–Crippen MR) is 83.8 cm³/mol. The number of hydrogen-bond acceptors (Lipinski definition) is 2. The fraction of sp³-hybridized carbons (Fsp3) is 0.111. The summed E-state index contributed by atoms with van der Waals surface area (Å²) in [5.74, 6) is -0.699. The zero-order valence-corrected chi connectivity index (χ0v) is 12.2. The van der Waals surface area contributed by atoms with Gasteiger partial charge >= 0.3 is 0 Å². The Labute approximate surface area is 124 Å². The van der Waals surface area contributed by atoms with Crippen LogP contribution in [0.1, 0.15) is 17.3 Å². The summed E-state index contributed by atoms with van der Waals surface area (Å²) in [6.07, 6.45) is 0. The maximum atomic E-state index is 12.2. The highest BCUT2D eigenvalue weighted by atomic mass is 16.2. The second-order valence-electron chi connectivity index (χ2n) is 4.89. The van der Waals surface area contributed by atoms with Crippen molar-refractivity contribution in [2.24, 2.45) is 0 Å². The van der Waals surface area contributed by atoms with Crippen LogP contribution in [0.25, 0.3) is 11.1 Å². The van der Waals surface area contributed by atoms with E-state index in [-0.39, 0.29) is 11.8 Å². The molecule has 0 atom stereocenters. The fourth-order valence-corrected chi connectivity index (χ4v) is 2.01. The zero-order valence-electron chi connectivity index (χ0n) is 12.2. The lowest BCUT2D eigenvalue weighted by Crippen LogP contribution is -2.33. The van der Waals surface area contributed by atoms with Gasteiger partial charge < -0.3 is 0 Å². The molecule has 0 aliphatic carbocycles. The van der Waals surface area contributed by atoms with Crippen molar-refractivity contribution < 1.29 is 9.59 Å². The molecular weight excluding hydrogens is 262 g/mol. The fourth-order valence-electron chi connectivity index (χ4n) is 2.01. The van der Waals surface area contributed by atoms with Crippen molar-refractivity contribution in [2.75, 3.05) is 7.05 Å². The van der Waals surface area contributed by atoms with Gasteiger partial charge in [0.15, 0.2) is 0 Å². The molecule has 106 valence electrons. The average Bonchev–Trinajstić information content (AvgIpc) is 2.53. The molecule has 2 aromatic carbocycles. The number of imide groups is 1. The Morgan fingerprint density at radius 1 is 0.905 bits per heavy atom. The lowest BCUT2D eigenvalue weighted by molar-refractivity contribution is -0.123.